The average Bonchev–Trinajstić information content (AvgIpc) is 3.19. The maximum atomic E-state index is 12.6. The third kappa shape index (κ3) is 2.62. The van der Waals surface area contributed by atoms with Gasteiger partial charge in [-0.15, -0.1) is 0 Å². The van der Waals surface area contributed by atoms with Crippen LogP contribution in [0.5, 0.6) is 0 Å². The average molecular weight is 449 g/mol. The normalized spacial score (nSPS) is 17.1. The van der Waals surface area contributed by atoms with Crippen LogP contribution in [0.25, 0.3) is 33.4 Å². The van der Waals surface area contributed by atoms with E-state index in [1.54, 1.807) is 6.26 Å². The van der Waals surface area contributed by atoms with Crippen LogP contribution < -0.4 is 0 Å². The molecule has 2 heteroatoms. The van der Waals surface area contributed by atoms with Crippen molar-refractivity contribution in [2.24, 2.45) is 0 Å². The molecule has 0 amide bonds. The van der Waals surface area contributed by atoms with Crippen molar-refractivity contribution in [3.63, 3.8) is 0 Å². The fourth-order valence-corrected chi connectivity index (χ4v) is 7.24. The molecule has 4 aromatic carbocycles. The lowest BCUT2D eigenvalue weighted by Crippen LogP contribution is -2.24. The molecule has 0 aromatic heterocycles. The molecule has 2 aliphatic rings. The first-order chi connectivity index (χ1) is 15.7. The van der Waals surface area contributed by atoms with Gasteiger partial charge in [-0.05, 0) is 61.7 Å². The van der Waals surface area contributed by atoms with Crippen molar-refractivity contribution in [3.05, 3.63) is 101 Å². The quantitative estimate of drug-likeness (QED) is 0.307. The number of fused-ring (bicyclic) bond motifs is 7. The van der Waals surface area contributed by atoms with Gasteiger partial charge in [-0.3, -0.25) is 4.21 Å². The Balaban J connectivity index is 1.67. The molecule has 2 aliphatic carbocycles. The van der Waals surface area contributed by atoms with Crippen LogP contribution in [0.2, 0.25) is 0 Å². The van der Waals surface area contributed by atoms with Crippen LogP contribution >= 0.6 is 0 Å². The zero-order valence-corrected chi connectivity index (χ0v) is 20.6. The summed E-state index contributed by atoms with van der Waals surface area (Å²) < 4.78 is 12.6. The van der Waals surface area contributed by atoms with Gasteiger partial charge >= 0.3 is 0 Å². The molecule has 6 rings (SSSR count). The molecular formula is C31H28OS. The minimum Gasteiger partial charge on any atom is -0.255 e. The Hall–Kier alpha value is -2.97. The molecule has 0 N–H and O–H groups in total. The Labute approximate surface area is 199 Å². The molecule has 0 fully saturated rings. The summed E-state index contributed by atoms with van der Waals surface area (Å²) in [5.41, 5.74) is 13.1. The van der Waals surface area contributed by atoms with Gasteiger partial charge in [0.2, 0.25) is 0 Å². The van der Waals surface area contributed by atoms with E-state index in [-0.39, 0.29) is 10.8 Å². The van der Waals surface area contributed by atoms with Gasteiger partial charge in [0.25, 0.3) is 0 Å². The van der Waals surface area contributed by atoms with E-state index in [0.717, 1.165) is 10.5 Å². The van der Waals surface area contributed by atoms with Crippen LogP contribution in [0.4, 0.5) is 0 Å². The third-order valence-corrected chi connectivity index (χ3v) is 8.79. The van der Waals surface area contributed by atoms with Crippen LogP contribution in [-0.4, -0.2) is 10.5 Å². The van der Waals surface area contributed by atoms with Crippen LogP contribution in [0, 0.1) is 0 Å². The second kappa shape index (κ2) is 6.77. The molecule has 0 aliphatic heterocycles. The summed E-state index contributed by atoms with van der Waals surface area (Å²) >= 11 is 0. The topological polar surface area (TPSA) is 17.1 Å². The Morgan fingerprint density at radius 3 is 1.70 bits per heavy atom. The molecule has 0 spiro atoms. The Kier molecular flexibility index (Phi) is 4.23. The summed E-state index contributed by atoms with van der Waals surface area (Å²) in [7, 11) is -1.05. The minimum atomic E-state index is -1.05. The molecular weight excluding hydrogens is 420 g/mol. The number of rotatable bonds is 2. The van der Waals surface area contributed by atoms with Crippen LogP contribution in [0.15, 0.2) is 83.8 Å². The Morgan fingerprint density at radius 1 is 0.515 bits per heavy atom. The minimum absolute atomic E-state index is 0.0560. The SMILES string of the molecule is CS(=O)c1ccccc1-c1cccc2c1C(C)(C)c1c-2ccc2c1C(C)(C)c1ccccc1-2. The number of hydrogen-bond donors (Lipinski definition) is 0. The van der Waals surface area contributed by atoms with Gasteiger partial charge in [0.05, 0.1) is 10.8 Å². The van der Waals surface area contributed by atoms with Crippen molar-refractivity contribution < 1.29 is 4.21 Å². The van der Waals surface area contributed by atoms with Crippen molar-refractivity contribution in [3.8, 4) is 33.4 Å². The van der Waals surface area contributed by atoms with E-state index in [0.29, 0.717) is 0 Å². The predicted molar refractivity (Wildman–Crippen MR) is 139 cm³/mol. The van der Waals surface area contributed by atoms with Gasteiger partial charge < -0.3 is 0 Å². The standard InChI is InChI=1S/C31H28OS/c1-30(2)25-15-8-6-11-19(25)23-17-18-24-22-14-10-13-21(20-12-7-9-16-26(20)33(5)32)27(22)31(3,4)29(24)28(23)30/h6-18H,1-5H3. The van der Waals surface area contributed by atoms with Crippen molar-refractivity contribution in [1.29, 1.82) is 0 Å². The second-order valence-corrected chi connectivity index (χ2v) is 11.7. The van der Waals surface area contributed by atoms with Crippen molar-refractivity contribution in [2.75, 3.05) is 6.26 Å². The Bertz CT molecular complexity index is 1490. The van der Waals surface area contributed by atoms with Gasteiger partial charge in [0.15, 0.2) is 0 Å². The van der Waals surface area contributed by atoms with Crippen molar-refractivity contribution >= 4 is 10.8 Å². The van der Waals surface area contributed by atoms with Gasteiger partial charge in [-0.25, -0.2) is 0 Å². The summed E-state index contributed by atoms with van der Waals surface area (Å²) in [5, 5.41) is 0. The molecule has 1 nitrogen and oxygen atoms in total. The highest BCUT2D eigenvalue weighted by Crippen LogP contribution is 2.60. The lowest BCUT2D eigenvalue weighted by molar-refractivity contribution is 0.602. The molecule has 1 atom stereocenters. The number of benzene rings is 4. The summed E-state index contributed by atoms with van der Waals surface area (Å²) in [4.78, 5) is 0.899. The summed E-state index contributed by atoms with van der Waals surface area (Å²) in [6.07, 6.45) is 1.77. The predicted octanol–water partition coefficient (Wildman–Crippen LogP) is 7.70. The fourth-order valence-electron chi connectivity index (χ4n) is 6.49. The highest BCUT2D eigenvalue weighted by molar-refractivity contribution is 7.84. The highest BCUT2D eigenvalue weighted by atomic mass is 32.2. The first-order valence-electron chi connectivity index (χ1n) is 11.6. The molecule has 4 aromatic rings. The van der Waals surface area contributed by atoms with Gasteiger partial charge in [-0.2, -0.15) is 0 Å². The summed E-state index contributed by atoms with van der Waals surface area (Å²) in [6, 6.07) is 28.3. The number of hydrogen-bond acceptors (Lipinski definition) is 1. The molecule has 164 valence electrons. The van der Waals surface area contributed by atoms with Crippen molar-refractivity contribution in [2.45, 2.75) is 43.4 Å². The van der Waals surface area contributed by atoms with Crippen LogP contribution in [0.1, 0.15) is 49.9 Å². The fraction of sp³-hybridized carbons (Fsp3) is 0.226. The summed E-state index contributed by atoms with van der Waals surface area (Å²) in [5.74, 6) is 0. The van der Waals surface area contributed by atoms with E-state index in [1.807, 2.05) is 12.1 Å². The molecule has 0 heterocycles. The largest absolute Gasteiger partial charge is 0.255 e. The molecule has 0 saturated heterocycles. The molecule has 1 unspecified atom stereocenters. The zero-order chi connectivity index (χ0) is 23.1. The van der Waals surface area contributed by atoms with Gasteiger partial charge in [0.1, 0.15) is 0 Å². The Morgan fingerprint density at radius 2 is 1.00 bits per heavy atom. The molecule has 0 bridgehead atoms. The first-order valence-corrected chi connectivity index (χ1v) is 13.1. The van der Waals surface area contributed by atoms with E-state index in [2.05, 4.69) is 94.4 Å². The van der Waals surface area contributed by atoms with Gasteiger partial charge in [0, 0.05) is 22.0 Å². The molecule has 33 heavy (non-hydrogen) atoms. The van der Waals surface area contributed by atoms with Crippen molar-refractivity contribution in [1.82, 2.24) is 0 Å². The van der Waals surface area contributed by atoms with E-state index >= 15 is 0 Å². The zero-order valence-electron chi connectivity index (χ0n) is 19.8. The second-order valence-electron chi connectivity index (χ2n) is 10.4. The monoisotopic (exact) mass is 448 g/mol. The van der Waals surface area contributed by atoms with E-state index in [1.165, 1.54) is 50.1 Å². The lowest BCUT2D eigenvalue weighted by atomic mass is 9.71. The highest BCUT2D eigenvalue weighted by Gasteiger charge is 2.46. The van der Waals surface area contributed by atoms with Crippen LogP contribution in [0.3, 0.4) is 0 Å². The third-order valence-electron chi connectivity index (χ3n) is 7.81. The first kappa shape index (κ1) is 20.6. The maximum absolute atomic E-state index is 12.6. The maximum Gasteiger partial charge on any atom is 0.0504 e. The van der Waals surface area contributed by atoms with E-state index < -0.39 is 10.8 Å². The lowest BCUT2D eigenvalue weighted by Gasteiger charge is -2.31. The van der Waals surface area contributed by atoms with Crippen LogP contribution in [-0.2, 0) is 21.6 Å². The smallest absolute Gasteiger partial charge is 0.0504 e. The van der Waals surface area contributed by atoms with Gasteiger partial charge in [-0.1, -0.05) is 100 Å². The molecule has 0 saturated carbocycles. The van der Waals surface area contributed by atoms with E-state index in [4.69, 9.17) is 0 Å². The summed E-state index contributed by atoms with van der Waals surface area (Å²) in [6.45, 7) is 9.47. The molecule has 0 radical (unpaired) electrons. The van der Waals surface area contributed by atoms with E-state index in [9.17, 15) is 4.21 Å².